The van der Waals surface area contributed by atoms with Crippen LogP contribution in [0.15, 0.2) is 12.2 Å². The number of ether oxygens (including phenoxy) is 1. The second-order valence-corrected chi connectivity index (χ2v) is 3.99. The molecule has 0 aliphatic heterocycles. The van der Waals surface area contributed by atoms with Crippen molar-refractivity contribution in [1.29, 1.82) is 0 Å². The van der Waals surface area contributed by atoms with E-state index in [0.717, 1.165) is 18.4 Å². The van der Waals surface area contributed by atoms with E-state index in [4.69, 9.17) is 4.74 Å². The Morgan fingerprint density at radius 1 is 1.53 bits per heavy atom. The topological polar surface area (TPSA) is 38.3 Å². The number of hydrogen-bond acceptors (Lipinski definition) is 2. The summed E-state index contributed by atoms with van der Waals surface area (Å²) in [6.45, 7) is 11.4. The summed E-state index contributed by atoms with van der Waals surface area (Å²) >= 11 is 0. The van der Waals surface area contributed by atoms with Gasteiger partial charge in [-0.1, -0.05) is 32.4 Å². The number of rotatable bonds is 8. The Morgan fingerprint density at radius 3 is 2.73 bits per heavy atom. The molecule has 0 aromatic carbocycles. The van der Waals surface area contributed by atoms with Crippen LogP contribution < -0.4 is 5.32 Å². The Morgan fingerprint density at radius 2 is 2.20 bits per heavy atom. The van der Waals surface area contributed by atoms with Gasteiger partial charge in [-0.05, 0) is 13.3 Å². The smallest absolute Gasteiger partial charge is 0.222 e. The molecule has 0 rings (SSSR count). The molecule has 3 nitrogen and oxygen atoms in total. The molecule has 1 unspecified atom stereocenters. The van der Waals surface area contributed by atoms with Gasteiger partial charge in [0.15, 0.2) is 0 Å². The lowest BCUT2D eigenvalue weighted by molar-refractivity contribution is -0.124. The van der Waals surface area contributed by atoms with Crippen LogP contribution in [0, 0.1) is 5.92 Å². The summed E-state index contributed by atoms with van der Waals surface area (Å²) in [6, 6.07) is 0. The van der Waals surface area contributed by atoms with E-state index in [-0.39, 0.29) is 11.8 Å². The molecule has 1 N–H and O–H groups in total. The minimum absolute atomic E-state index is 0.108. The molecule has 0 aromatic rings. The van der Waals surface area contributed by atoms with Crippen LogP contribution in [0.25, 0.3) is 0 Å². The molecule has 1 amide bonds. The van der Waals surface area contributed by atoms with Gasteiger partial charge in [-0.25, -0.2) is 0 Å². The number of amides is 1. The first-order valence-electron chi connectivity index (χ1n) is 5.57. The summed E-state index contributed by atoms with van der Waals surface area (Å²) in [6.07, 6.45) is 1.99. The quantitative estimate of drug-likeness (QED) is 0.495. The molecule has 1 atom stereocenters. The molecule has 88 valence electrons. The highest BCUT2D eigenvalue weighted by molar-refractivity contribution is 5.78. The van der Waals surface area contributed by atoms with Crippen LogP contribution in [-0.2, 0) is 9.53 Å². The molecule has 0 heterocycles. The minimum atomic E-state index is 0.108. The van der Waals surface area contributed by atoms with Crippen LogP contribution in [0.1, 0.15) is 33.6 Å². The lowest BCUT2D eigenvalue weighted by atomic mass is 10.1. The number of carbonyl (C=O) groups is 1. The van der Waals surface area contributed by atoms with Gasteiger partial charge in [-0.15, -0.1) is 0 Å². The Kier molecular flexibility index (Phi) is 8.01. The molecule has 0 saturated heterocycles. The first-order chi connectivity index (χ1) is 7.07. The first-order valence-corrected chi connectivity index (χ1v) is 5.57. The van der Waals surface area contributed by atoms with Crippen molar-refractivity contribution in [3.8, 4) is 0 Å². The van der Waals surface area contributed by atoms with Gasteiger partial charge < -0.3 is 10.1 Å². The standard InChI is InChI=1S/C12H23NO2/c1-5-6-11(4)12(14)13-7-8-15-9-10(2)3/h11H,2,5-9H2,1,3-4H3,(H,13,14). The third-order valence-corrected chi connectivity index (χ3v) is 2.06. The van der Waals surface area contributed by atoms with E-state index in [1.165, 1.54) is 0 Å². The molecular formula is C12H23NO2. The van der Waals surface area contributed by atoms with Crippen LogP contribution in [0.5, 0.6) is 0 Å². The van der Waals surface area contributed by atoms with Gasteiger partial charge in [0.2, 0.25) is 5.91 Å². The monoisotopic (exact) mass is 213 g/mol. The van der Waals surface area contributed by atoms with E-state index in [1.807, 2.05) is 13.8 Å². The molecular weight excluding hydrogens is 190 g/mol. The summed E-state index contributed by atoms with van der Waals surface area (Å²) < 4.78 is 5.27. The second kappa shape index (κ2) is 8.48. The van der Waals surface area contributed by atoms with Gasteiger partial charge in [0.1, 0.15) is 0 Å². The van der Waals surface area contributed by atoms with Gasteiger partial charge in [0, 0.05) is 12.5 Å². The highest BCUT2D eigenvalue weighted by Gasteiger charge is 2.10. The number of hydrogen-bond donors (Lipinski definition) is 1. The van der Waals surface area contributed by atoms with Gasteiger partial charge in [0.25, 0.3) is 0 Å². The normalized spacial score (nSPS) is 12.2. The summed E-state index contributed by atoms with van der Waals surface area (Å²) in [7, 11) is 0. The lowest BCUT2D eigenvalue weighted by Gasteiger charge is -2.11. The van der Waals surface area contributed by atoms with Crippen LogP contribution in [0.2, 0.25) is 0 Å². The minimum Gasteiger partial charge on any atom is -0.375 e. The number of carbonyl (C=O) groups excluding carboxylic acids is 1. The van der Waals surface area contributed by atoms with Gasteiger partial charge in [0.05, 0.1) is 13.2 Å². The van der Waals surface area contributed by atoms with Crippen LogP contribution in [0.3, 0.4) is 0 Å². The van der Waals surface area contributed by atoms with Crippen molar-refractivity contribution >= 4 is 5.91 Å². The maximum atomic E-state index is 11.4. The van der Waals surface area contributed by atoms with Gasteiger partial charge >= 0.3 is 0 Å². The molecule has 0 spiro atoms. The van der Waals surface area contributed by atoms with Crippen molar-refractivity contribution in [1.82, 2.24) is 5.32 Å². The zero-order valence-electron chi connectivity index (χ0n) is 10.1. The van der Waals surface area contributed by atoms with Gasteiger partial charge in [-0.3, -0.25) is 4.79 Å². The Hall–Kier alpha value is -0.830. The predicted molar refractivity (Wildman–Crippen MR) is 62.7 cm³/mol. The Labute approximate surface area is 92.9 Å². The van der Waals surface area contributed by atoms with Crippen LogP contribution in [0.4, 0.5) is 0 Å². The SMILES string of the molecule is C=C(C)COCCNC(=O)C(C)CCC. The first kappa shape index (κ1) is 14.2. The zero-order valence-corrected chi connectivity index (χ0v) is 10.1. The number of nitrogens with one attached hydrogen (secondary N) is 1. The third kappa shape index (κ3) is 8.18. The van der Waals surface area contributed by atoms with E-state index in [2.05, 4.69) is 18.8 Å². The lowest BCUT2D eigenvalue weighted by Crippen LogP contribution is -2.32. The van der Waals surface area contributed by atoms with E-state index in [1.54, 1.807) is 0 Å². The van der Waals surface area contributed by atoms with E-state index >= 15 is 0 Å². The van der Waals surface area contributed by atoms with Gasteiger partial charge in [-0.2, -0.15) is 0 Å². The van der Waals surface area contributed by atoms with Crippen molar-refractivity contribution in [2.45, 2.75) is 33.6 Å². The Balaban J connectivity index is 3.42. The average Bonchev–Trinajstić information content (AvgIpc) is 2.16. The molecule has 0 aliphatic rings. The highest BCUT2D eigenvalue weighted by Crippen LogP contribution is 2.03. The van der Waals surface area contributed by atoms with Crippen LogP contribution >= 0.6 is 0 Å². The summed E-state index contributed by atoms with van der Waals surface area (Å²) in [5.74, 6) is 0.229. The molecule has 0 fully saturated rings. The molecule has 3 heteroatoms. The van der Waals surface area contributed by atoms with Crippen molar-refractivity contribution in [2.24, 2.45) is 5.92 Å². The summed E-state index contributed by atoms with van der Waals surface area (Å²) in [5, 5.41) is 2.85. The van der Waals surface area contributed by atoms with E-state index in [9.17, 15) is 4.79 Å². The fourth-order valence-electron chi connectivity index (χ4n) is 1.23. The summed E-state index contributed by atoms with van der Waals surface area (Å²) in [5.41, 5.74) is 1.00. The largest absolute Gasteiger partial charge is 0.375 e. The molecule has 0 bridgehead atoms. The molecule has 0 aromatic heterocycles. The van der Waals surface area contributed by atoms with Crippen molar-refractivity contribution in [3.63, 3.8) is 0 Å². The van der Waals surface area contributed by atoms with Crippen LogP contribution in [-0.4, -0.2) is 25.7 Å². The zero-order chi connectivity index (χ0) is 11.7. The van der Waals surface area contributed by atoms with Crippen molar-refractivity contribution < 1.29 is 9.53 Å². The summed E-state index contributed by atoms with van der Waals surface area (Å²) in [4.78, 5) is 11.4. The highest BCUT2D eigenvalue weighted by atomic mass is 16.5. The molecule has 0 aliphatic carbocycles. The van der Waals surface area contributed by atoms with E-state index < -0.39 is 0 Å². The second-order valence-electron chi connectivity index (χ2n) is 3.99. The van der Waals surface area contributed by atoms with E-state index in [0.29, 0.717) is 19.8 Å². The predicted octanol–water partition coefficient (Wildman–Crippen LogP) is 2.13. The average molecular weight is 213 g/mol. The molecule has 0 radical (unpaired) electrons. The fourth-order valence-corrected chi connectivity index (χ4v) is 1.23. The molecule has 0 saturated carbocycles. The fraction of sp³-hybridized carbons (Fsp3) is 0.750. The Bertz CT molecular complexity index is 202. The maximum absolute atomic E-state index is 11.4. The third-order valence-electron chi connectivity index (χ3n) is 2.06. The van der Waals surface area contributed by atoms with Crippen molar-refractivity contribution in [3.05, 3.63) is 12.2 Å². The maximum Gasteiger partial charge on any atom is 0.222 e. The molecule has 15 heavy (non-hydrogen) atoms. The van der Waals surface area contributed by atoms with Crippen molar-refractivity contribution in [2.75, 3.05) is 19.8 Å².